The predicted octanol–water partition coefficient (Wildman–Crippen LogP) is 2.11. The van der Waals surface area contributed by atoms with Gasteiger partial charge in [0.15, 0.2) is 0 Å². The molecule has 1 saturated heterocycles. The Labute approximate surface area is 153 Å². The van der Waals surface area contributed by atoms with Gasteiger partial charge in [-0.05, 0) is 26.0 Å². The number of aryl methyl sites for hydroxylation is 1. The van der Waals surface area contributed by atoms with E-state index in [1.165, 1.54) is 11.8 Å². The third-order valence-electron chi connectivity index (χ3n) is 3.72. The van der Waals surface area contributed by atoms with Crippen LogP contribution in [0.3, 0.4) is 0 Å². The zero-order chi connectivity index (χ0) is 18.6. The molecule has 6 nitrogen and oxygen atoms in total. The number of hydrogen-bond donors (Lipinski definition) is 1. The molecule has 25 heavy (non-hydrogen) atoms. The highest BCUT2D eigenvalue weighted by atomic mass is 32.2. The lowest BCUT2D eigenvalue weighted by Crippen LogP contribution is -2.58. The molecule has 1 aromatic carbocycles. The summed E-state index contributed by atoms with van der Waals surface area (Å²) in [5.41, 5.74) is 0.600. The van der Waals surface area contributed by atoms with Gasteiger partial charge in [0.2, 0.25) is 0 Å². The van der Waals surface area contributed by atoms with Gasteiger partial charge >= 0.3 is 0 Å². The van der Waals surface area contributed by atoms with E-state index >= 15 is 0 Å². The highest BCUT2D eigenvalue weighted by Gasteiger charge is 2.47. The summed E-state index contributed by atoms with van der Waals surface area (Å²) in [7, 11) is -3.77. The number of hydrogen-bond acceptors (Lipinski definition) is 7. The SMILES string of the molecule is C=CCO[C@H]1[C@H](OS(C)(=O)=O)[C@H](O)[C@H](C)O[C@@H]1Sc1ccc(C)cc1. The molecule has 140 valence electrons. The summed E-state index contributed by atoms with van der Waals surface area (Å²) >= 11 is 1.40. The quantitative estimate of drug-likeness (QED) is 0.566. The Kier molecular flexibility index (Phi) is 7.07. The first-order valence-electron chi connectivity index (χ1n) is 7.89. The van der Waals surface area contributed by atoms with Crippen molar-refractivity contribution < 1.29 is 27.2 Å². The minimum absolute atomic E-state index is 0.184. The molecule has 1 N–H and O–H groups in total. The van der Waals surface area contributed by atoms with Gasteiger partial charge in [-0.2, -0.15) is 8.42 Å². The van der Waals surface area contributed by atoms with Crippen molar-refractivity contribution in [3.63, 3.8) is 0 Å². The average molecular weight is 389 g/mol. The first kappa shape index (κ1) is 20.4. The lowest BCUT2D eigenvalue weighted by atomic mass is 10.0. The van der Waals surface area contributed by atoms with Gasteiger partial charge in [0, 0.05) is 4.90 Å². The molecule has 0 spiro atoms. The van der Waals surface area contributed by atoms with E-state index < -0.39 is 40.0 Å². The van der Waals surface area contributed by atoms with Crippen LogP contribution in [0.5, 0.6) is 0 Å². The largest absolute Gasteiger partial charge is 0.388 e. The normalized spacial score (nSPS) is 30.2. The third kappa shape index (κ3) is 5.80. The van der Waals surface area contributed by atoms with Crippen molar-refractivity contribution in [2.24, 2.45) is 0 Å². The number of aliphatic hydroxyl groups excluding tert-OH is 1. The Morgan fingerprint density at radius 3 is 2.52 bits per heavy atom. The molecule has 1 aromatic rings. The number of benzene rings is 1. The van der Waals surface area contributed by atoms with E-state index in [-0.39, 0.29) is 6.61 Å². The van der Waals surface area contributed by atoms with Crippen LogP contribution in [-0.2, 0) is 23.8 Å². The average Bonchev–Trinajstić information content (AvgIpc) is 2.53. The van der Waals surface area contributed by atoms with E-state index in [2.05, 4.69) is 6.58 Å². The molecule has 2 rings (SSSR count). The second-order valence-electron chi connectivity index (χ2n) is 5.98. The second-order valence-corrected chi connectivity index (χ2v) is 8.76. The van der Waals surface area contributed by atoms with E-state index in [1.807, 2.05) is 31.2 Å². The molecule has 0 radical (unpaired) electrons. The number of aliphatic hydroxyl groups is 1. The van der Waals surface area contributed by atoms with Crippen LogP contribution in [0.1, 0.15) is 12.5 Å². The molecule has 0 amide bonds. The van der Waals surface area contributed by atoms with Crippen molar-refractivity contribution in [1.29, 1.82) is 0 Å². The van der Waals surface area contributed by atoms with Gasteiger partial charge in [-0.1, -0.05) is 35.5 Å². The molecule has 1 fully saturated rings. The maximum atomic E-state index is 11.6. The molecule has 1 aliphatic heterocycles. The highest BCUT2D eigenvalue weighted by molar-refractivity contribution is 7.99. The van der Waals surface area contributed by atoms with Crippen LogP contribution >= 0.6 is 11.8 Å². The lowest BCUT2D eigenvalue weighted by molar-refractivity contribution is -0.195. The summed E-state index contributed by atoms with van der Waals surface area (Å²) in [6.07, 6.45) is -1.05. The first-order valence-corrected chi connectivity index (χ1v) is 10.6. The Morgan fingerprint density at radius 2 is 1.96 bits per heavy atom. The first-order chi connectivity index (χ1) is 11.7. The molecule has 5 atom stereocenters. The summed E-state index contributed by atoms with van der Waals surface area (Å²) in [6.45, 7) is 7.46. The van der Waals surface area contributed by atoms with Crippen LogP contribution < -0.4 is 0 Å². The molecular formula is C17H24O6S2. The van der Waals surface area contributed by atoms with Crippen LogP contribution in [0.4, 0.5) is 0 Å². The Balaban J connectivity index is 2.27. The fourth-order valence-corrected chi connectivity index (χ4v) is 4.28. The second kappa shape index (κ2) is 8.66. The standard InChI is InChI=1S/C17H24O6S2/c1-5-10-21-16-15(23-25(4,19)20)14(18)12(3)22-17(16)24-13-8-6-11(2)7-9-13/h5-9,12,14-18H,1,10H2,2-4H3/t12-,14+,15+,16-,17+/m0/s1. The Hall–Kier alpha value is -0.900. The van der Waals surface area contributed by atoms with Crippen LogP contribution in [0.2, 0.25) is 0 Å². The number of rotatable bonds is 7. The van der Waals surface area contributed by atoms with Gasteiger partial charge < -0.3 is 14.6 Å². The summed E-state index contributed by atoms with van der Waals surface area (Å²) in [4.78, 5) is 0.949. The fourth-order valence-electron chi connectivity index (χ4n) is 2.50. The van der Waals surface area contributed by atoms with Crippen molar-refractivity contribution in [3.05, 3.63) is 42.5 Å². The Bertz CT molecular complexity index is 673. The maximum Gasteiger partial charge on any atom is 0.264 e. The van der Waals surface area contributed by atoms with E-state index in [0.717, 1.165) is 16.7 Å². The molecule has 0 saturated carbocycles. The van der Waals surface area contributed by atoms with Gasteiger partial charge in [0.25, 0.3) is 10.1 Å². The van der Waals surface area contributed by atoms with Crippen molar-refractivity contribution in [2.75, 3.05) is 12.9 Å². The van der Waals surface area contributed by atoms with E-state index in [4.69, 9.17) is 13.7 Å². The molecular weight excluding hydrogens is 364 g/mol. The van der Waals surface area contributed by atoms with Crippen LogP contribution in [0.15, 0.2) is 41.8 Å². The monoisotopic (exact) mass is 388 g/mol. The predicted molar refractivity (Wildman–Crippen MR) is 97.0 cm³/mol. The van der Waals surface area contributed by atoms with E-state index in [1.54, 1.807) is 13.0 Å². The summed E-state index contributed by atoms with van der Waals surface area (Å²) < 4.78 is 39.9. The minimum atomic E-state index is -3.77. The van der Waals surface area contributed by atoms with Crippen molar-refractivity contribution in [3.8, 4) is 0 Å². The van der Waals surface area contributed by atoms with Gasteiger partial charge in [0.1, 0.15) is 23.7 Å². The molecule has 1 aliphatic rings. The summed E-state index contributed by atoms with van der Waals surface area (Å²) in [5.74, 6) is 0. The van der Waals surface area contributed by atoms with E-state index in [9.17, 15) is 13.5 Å². The number of ether oxygens (including phenoxy) is 2. The number of thioether (sulfide) groups is 1. The van der Waals surface area contributed by atoms with Crippen LogP contribution in [-0.4, -0.2) is 56.2 Å². The third-order valence-corrected chi connectivity index (χ3v) is 5.45. The van der Waals surface area contributed by atoms with E-state index in [0.29, 0.717) is 0 Å². The Morgan fingerprint density at radius 1 is 1.32 bits per heavy atom. The molecule has 1 heterocycles. The van der Waals surface area contributed by atoms with Gasteiger partial charge in [-0.3, -0.25) is 4.18 Å². The topological polar surface area (TPSA) is 82.1 Å². The lowest BCUT2D eigenvalue weighted by Gasteiger charge is -2.42. The van der Waals surface area contributed by atoms with Crippen LogP contribution in [0, 0.1) is 6.92 Å². The van der Waals surface area contributed by atoms with Crippen molar-refractivity contribution in [2.45, 2.75) is 48.6 Å². The smallest absolute Gasteiger partial charge is 0.264 e. The van der Waals surface area contributed by atoms with Gasteiger partial charge in [-0.15, -0.1) is 6.58 Å². The minimum Gasteiger partial charge on any atom is -0.388 e. The zero-order valence-electron chi connectivity index (χ0n) is 14.5. The molecule has 0 bridgehead atoms. The highest BCUT2D eigenvalue weighted by Crippen LogP contribution is 2.36. The fraction of sp³-hybridized carbons (Fsp3) is 0.529. The van der Waals surface area contributed by atoms with Crippen LogP contribution in [0.25, 0.3) is 0 Å². The summed E-state index contributed by atoms with van der Waals surface area (Å²) in [6, 6.07) is 7.87. The van der Waals surface area contributed by atoms with Crippen molar-refractivity contribution >= 4 is 21.9 Å². The van der Waals surface area contributed by atoms with Crippen molar-refractivity contribution in [1.82, 2.24) is 0 Å². The molecule has 0 unspecified atom stereocenters. The maximum absolute atomic E-state index is 11.6. The zero-order valence-corrected chi connectivity index (χ0v) is 16.1. The molecule has 8 heteroatoms. The van der Waals surface area contributed by atoms with Gasteiger partial charge in [0.05, 0.1) is 19.0 Å². The molecule has 0 aromatic heterocycles. The molecule has 0 aliphatic carbocycles. The summed E-state index contributed by atoms with van der Waals surface area (Å²) in [5, 5.41) is 10.4. The van der Waals surface area contributed by atoms with Gasteiger partial charge in [-0.25, -0.2) is 0 Å².